The number of hydrogen-bond acceptors (Lipinski definition) is 3. The lowest BCUT2D eigenvalue weighted by molar-refractivity contribution is 0.149. The molecule has 0 spiro atoms. The van der Waals surface area contributed by atoms with Gasteiger partial charge in [-0.3, -0.25) is 5.32 Å². The molecule has 2 N–H and O–H groups in total. The molecule has 1 aromatic heterocycles. The summed E-state index contributed by atoms with van der Waals surface area (Å²) in [6.45, 7) is 6.05. The zero-order valence-electron chi connectivity index (χ0n) is 11.4. The van der Waals surface area contributed by atoms with Gasteiger partial charge in [0.15, 0.2) is 0 Å². The van der Waals surface area contributed by atoms with Gasteiger partial charge in [0, 0.05) is 19.7 Å². The van der Waals surface area contributed by atoms with Gasteiger partial charge in [-0.15, -0.1) is 0 Å². The van der Waals surface area contributed by atoms with Crippen molar-refractivity contribution in [3.63, 3.8) is 0 Å². The van der Waals surface area contributed by atoms with Gasteiger partial charge in [0.05, 0.1) is 18.3 Å². The normalized spacial score (nSPS) is 14.1. The van der Waals surface area contributed by atoms with Gasteiger partial charge in [-0.2, -0.15) is 5.10 Å². The first-order valence-corrected chi connectivity index (χ1v) is 6.19. The topological polar surface area (TPSA) is 70.4 Å². The maximum Gasteiger partial charge on any atom is 0.322 e. The molecule has 18 heavy (non-hydrogen) atoms. The van der Waals surface area contributed by atoms with Crippen LogP contribution < -0.4 is 5.32 Å². The van der Waals surface area contributed by atoms with Gasteiger partial charge < -0.3 is 10.0 Å². The maximum atomic E-state index is 11.9. The van der Waals surface area contributed by atoms with Gasteiger partial charge in [-0.25, -0.2) is 9.48 Å². The van der Waals surface area contributed by atoms with E-state index in [9.17, 15) is 9.90 Å². The molecule has 102 valence electrons. The second-order valence-corrected chi connectivity index (χ2v) is 4.58. The number of carbonyl (C=O) groups is 1. The summed E-state index contributed by atoms with van der Waals surface area (Å²) in [7, 11) is 1.64. The summed E-state index contributed by atoms with van der Waals surface area (Å²) in [5.41, 5.74) is 0. The summed E-state index contributed by atoms with van der Waals surface area (Å²) in [6.07, 6.45) is 2.06. The highest BCUT2D eigenvalue weighted by atomic mass is 16.3. The molecule has 0 aliphatic carbocycles. The standard InChI is InChI=1S/C12H22N4O2/c1-5-9(2)16-11(6-7-13-16)14-12(18)15(4)8-10(3)17/h6-7,9-10,17H,5,8H2,1-4H3,(H,14,18). The van der Waals surface area contributed by atoms with Crippen molar-refractivity contribution in [2.24, 2.45) is 0 Å². The lowest BCUT2D eigenvalue weighted by atomic mass is 10.3. The minimum absolute atomic E-state index is 0.234. The number of likely N-dealkylation sites (N-methyl/N-ethyl adjacent to an activating group) is 1. The summed E-state index contributed by atoms with van der Waals surface area (Å²) >= 11 is 0. The molecular weight excluding hydrogens is 232 g/mol. The number of nitrogens with zero attached hydrogens (tertiary/aromatic N) is 3. The Bertz CT molecular complexity index is 389. The Morgan fingerprint density at radius 3 is 2.83 bits per heavy atom. The van der Waals surface area contributed by atoms with Crippen LogP contribution in [0.2, 0.25) is 0 Å². The zero-order chi connectivity index (χ0) is 13.7. The molecule has 1 aromatic rings. The molecule has 0 radical (unpaired) electrons. The number of aromatic nitrogens is 2. The molecule has 2 amide bonds. The molecule has 0 aliphatic rings. The Hall–Kier alpha value is -1.56. The number of nitrogens with one attached hydrogen (secondary N) is 1. The summed E-state index contributed by atoms with van der Waals surface area (Å²) < 4.78 is 1.79. The van der Waals surface area contributed by atoms with Crippen LogP contribution in [0, 0.1) is 0 Å². The Kier molecular flexibility index (Phi) is 5.15. The third-order valence-corrected chi connectivity index (χ3v) is 2.80. The van der Waals surface area contributed by atoms with E-state index in [4.69, 9.17) is 0 Å². The second kappa shape index (κ2) is 6.39. The van der Waals surface area contributed by atoms with Gasteiger partial charge in [0.25, 0.3) is 0 Å². The van der Waals surface area contributed by atoms with E-state index in [0.29, 0.717) is 12.4 Å². The number of rotatable bonds is 5. The summed E-state index contributed by atoms with van der Waals surface area (Å²) in [5, 5.41) is 16.2. The highest BCUT2D eigenvalue weighted by Crippen LogP contribution is 2.16. The van der Waals surface area contributed by atoms with Crippen LogP contribution >= 0.6 is 0 Å². The number of amides is 2. The van der Waals surface area contributed by atoms with Crippen LogP contribution in [-0.2, 0) is 0 Å². The van der Waals surface area contributed by atoms with E-state index < -0.39 is 6.10 Å². The Morgan fingerprint density at radius 1 is 1.61 bits per heavy atom. The van der Waals surface area contributed by atoms with Crippen LogP contribution in [0.3, 0.4) is 0 Å². The Balaban J connectivity index is 2.67. The van der Waals surface area contributed by atoms with Crippen molar-refractivity contribution in [3.8, 4) is 0 Å². The zero-order valence-corrected chi connectivity index (χ0v) is 11.4. The van der Waals surface area contributed by atoms with Crippen molar-refractivity contribution in [1.29, 1.82) is 0 Å². The smallest absolute Gasteiger partial charge is 0.322 e. The van der Waals surface area contributed by atoms with Crippen LogP contribution in [0.5, 0.6) is 0 Å². The quantitative estimate of drug-likeness (QED) is 0.840. The number of anilines is 1. The van der Waals surface area contributed by atoms with Gasteiger partial charge in [-0.1, -0.05) is 6.92 Å². The van der Waals surface area contributed by atoms with Crippen LogP contribution in [0.25, 0.3) is 0 Å². The number of urea groups is 1. The molecule has 0 saturated carbocycles. The molecule has 1 rings (SSSR count). The van der Waals surface area contributed by atoms with Crippen LogP contribution in [0.15, 0.2) is 12.3 Å². The van der Waals surface area contributed by atoms with Crippen LogP contribution in [0.4, 0.5) is 10.6 Å². The van der Waals surface area contributed by atoms with Gasteiger partial charge in [0.1, 0.15) is 5.82 Å². The van der Waals surface area contributed by atoms with Gasteiger partial charge in [0.2, 0.25) is 0 Å². The number of carbonyl (C=O) groups excluding carboxylic acids is 1. The Morgan fingerprint density at radius 2 is 2.28 bits per heavy atom. The van der Waals surface area contributed by atoms with E-state index >= 15 is 0 Å². The van der Waals surface area contributed by atoms with E-state index in [0.717, 1.165) is 6.42 Å². The Labute approximate surface area is 108 Å². The van der Waals surface area contributed by atoms with E-state index in [1.807, 2.05) is 6.92 Å². The second-order valence-electron chi connectivity index (χ2n) is 4.58. The number of aliphatic hydroxyl groups is 1. The first-order valence-electron chi connectivity index (χ1n) is 6.19. The summed E-state index contributed by atoms with van der Waals surface area (Å²) in [6, 6.07) is 1.75. The maximum absolute atomic E-state index is 11.9. The molecule has 1 heterocycles. The molecule has 2 atom stereocenters. The first-order chi connectivity index (χ1) is 8.45. The lowest BCUT2D eigenvalue weighted by Gasteiger charge is -2.20. The van der Waals surface area contributed by atoms with Gasteiger partial charge >= 0.3 is 6.03 Å². The fourth-order valence-electron chi connectivity index (χ4n) is 1.62. The van der Waals surface area contributed by atoms with Gasteiger partial charge in [-0.05, 0) is 20.3 Å². The molecule has 0 fully saturated rings. The molecule has 6 nitrogen and oxygen atoms in total. The number of hydrogen-bond donors (Lipinski definition) is 2. The fourth-order valence-corrected chi connectivity index (χ4v) is 1.62. The largest absolute Gasteiger partial charge is 0.392 e. The first kappa shape index (κ1) is 14.5. The highest BCUT2D eigenvalue weighted by Gasteiger charge is 2.14. The molecule has 0 aliphatic heterocycles. The van der Waals surface area contributed by atoms with Crippen LogP contribution in [-0.4, -0.2) is 45.5 Å². The van der Waals surface area contributed by atoms with Crippen molar-refractivity contribution < 1.29 is 9.90 Å². The van der Waals surface area contributed by atoms with Crippen molar-refractivity contribution in [3.05, 3.63) is 12.3 Å². The molecule has 0 bridgehead atoms. The molecule has 0 aromatic carbocycles. The van der Waals surface area contributed by atoms with Crippen LogP contribution in [0.1, 0.15) is 33.2 Å². The summed E-state index contributed by atoms with van der Waals surface area (Å²) in [4.78, 5) is 13.3. The van der Waals surface area contributed by atoms with Crippen molar-refractivity contribution in [1.82, 2.24) is 14.7 Å². The average Bonchev–Trinajstić information content (AvgIpc) is 2.75. The molecular formula is C12H22N4O2. The third-order valence-electron chi connectivity index (χ3n) is 2.80. The minimum Gasteiger partial charge on any atom is -0.392 e. The van der Waals surface area contributed by atoms with Crippen molar-refractivity contribution >= 4 is 11.8 Å². The van der Waals surface area contributed by atoms with E-state index in [-0.39, 0.29) is 12.1 Å². The van der Waals surface area contributed by atoms with E-state index in [2.05, 4.69) is 17.3 Å². The SMILES string of the molecule is CCC(C)n1nccc1NC(=O)N(C)CC(C)O. The predicted octanol–water partition coefficient (Wildman–Crippen LogP) is 1.70. The van der Waals surface area contributed by atoms with E-state index in [1.165, 1.54) is 4.90 Å². The predicted molar refractivity (Wildman–Crippen MR) is 70.6 cm³/mol. The van der Waals surface area contributed by atoms with E-state index in [1.54, 1.807) is 30.9 Å². The molecule has 2 unspecified atom stereocenters. The third kappa shape index (κ3) is 3.73. The number of aliphatic hydroxyl groups excluding tert-OH is 1. The lowest BCUT2D eigenvalue weighted by Crippen LogP contribution is -2.36. The van der Waals surface area contributed by atoms with Crippen molar-refractivity contribution in [2.75, 3.05) is 18.9 Å². The minimum atomic E-state index is -0.541. The molecule has 0 saturated heterocycles. The highest BCUT2D eigenvalue weighted by molar-refractivity contribution is 5.88. The average molecular weight is 254 g/mol. The fraction of sp³-hybridized carbons (Fsp3) is 0.667. The summed E-state index contributed by atoms with van der Waals surface area (Å²) in [5.74, 6) is 0.673. The monoisotopic (exact) mass is 254 g/mol. The van der Waals surface area contributed by atoms with Crippen molar-refractivity contribution in [2.45, 2.75) is 39.3 Å². The molecule has 6 heteroatoms.